The third kappa shape index (κ3) is 5.35. The molecule has 0 amide bonds. The summed E-state index contributed by atoms with van der Waals surface area (Å²) in [6, 6.07) is 10.9. The molecule has 0 saturated carbocycles. The lowest BCUT2D eigenvalue weighted by Crippen LogP contribution is -2.45. The van der Waals surface area contributed by atoms with Crippen molar-refractivity contribution in [2.24, 2.45) is 4.99 Å². The van der Waals surface area contributed by atoms with E-state index >= 15 is 0 Å². The molecule has 1 aliphatic heterocycles. The SMILES string of the molecule is CCN1CCCC1CNC(=NC)NCCCc1cn(-c2ccccc2)nc1C. The first-order chi connectivity index (χ1) is 13.7. The average Bonchev–Trinajstić information content (AvgIpc) is 3.34. The van der Waals surface area contributed by atoms with Crippen LogP contribution in [0.15, 0.2) is 41.5 Å². The summed E-state index contributed by atoms with van der Waals surface area (Å²) in [5, 5.41) is 11.6. The maximum atomic E-state index is 4.66. The second kappa shape index (κ2) is 10.3. The van der Waals surface area contributed by atoms with Gasteiger partial charge in [-0.15, -0.1) is 0 Å². The number of nitrogens with zero attached hydrogens (tertiary/aromatic N) is 4. The lowest BCUT2D eigenvalue weighted by Gasteiger charge is -2.23. The molecule has 1 aliphatic rings. The highest BCUT2D eigenvalue weighted by molar-refractivity contribution is 5.79. The summed E-state index contributed by atoms with van der Waals surface area (Å²) in [5.74, 6) is 0.902. The van der Waals surface area contributed by atoms with Gasteiger partial charge < -0.3 is 10.6 Å². The van der Waals surface area contributed by atoms with Crippen molar-refractivity contribution in [3.63, 3.8) is 0 Å². The summed E-state index contributed by atoms with van der Waals surface area (Å²) < 4.78 is 1.97. The lowest BCUT2D eigenvalue weighted by molar-refractivity contribution is 0.267. The summed E-state index contributed by atoms with van der Waals surface area (Å²) in [6.07, 6.45) is 6.79. The van der Waals surface area contributed by atoms with E-state index in [9.17, 15) is 0 Å². The Labute approximate surface area is 169 Å². The van der Waals surface area contributed by atoms with E-state index in [4.69, 9.17) is 0 Å². The Morgan fingerprint density at radius 1 is 1.25 bits per heavy atom. The third-order valence-electron chi connectivity index (χ3n) is 5.57. The number of hydrogen-bond donors (Lipinski definition) is 2. The Morgan fingerprint density at radius 2 is 2.07 bits per heavy atom. The number of para-hydroxylation sites is 1. The molecule has 0 radical (unpaired) electrons. The molecule has 2 heterocycles. The summed E-state index contributed by atoms with van der Waals surface area (Å²) in [6.45, 7) is 8.56. The van der Waals surface area contributed by atoms with E-state index in [0.717, 1.165) is 49.8 Å². The van der Waals surface area contributed by atoms with Crippen LogP contribution < -0.4 is 10.6 Å². The van der Waals surface area contributed by atoms with Gasteiger partial charge >= 0.3 is 0 Å². The van der Waals surface area contributed by atoms with Crippen LogP contribution >= 0.6 is 0 Å². The minimum Gasteiger partial charge on any atom is -0.356 e. The zero-order valence-electron chi connectivity index (χ0n) is 17.5. The molecule has 152 valence electrons. The Balaban J connectivity index is 1.42. The molecule has 1 unspecified atom stereocenters. The van der Waals surface area contributed by atoms with Gasteiger partial charge in [0.1, 0.15) is 0 Å². The van der Waals surface area contributed by atoms with Gasteiger partial charge in [0, 0.05) is 32.4 Å². The number of guanidine groups is 1. The summed E-state index contributed by atoms with van der Waals surface area (Å²) in [7, 11) is 1.84. The van der Waals surface area contributed by atoms with Gasteiger partial charge in [-0.2, -0.15) is 5.10 Å². The van der Waals surface area contributed by atoms with Crippen molar-refractivity contribution in [3.8, 4) is 5.69 Å². The van der Waals surface area contributed by atoms with E-state index in [2.05, 4.69) is 57.8 Å². The third-order valence-corrected chi connectivity index (χ3v) is 5.57. The van der Waals surface area contributed by atoms with E-state index in [1.165, 1.54) is 24.9 Å². The highest BCUT2D eigenvalue weighted by Gasteiger charge is 2.22. The largest absolute Gasteiger partial charge is 0.356 e. The Bertz CT molecular complexity index is 752. The fourth-order valence-electron chi connectivity index (χ4n) is 3.92. The van der Waals surface area contributed by atoms with Gasteiger partial charge in [-0.05, 0) is 63.4 Å². The summed E-state index contributed by atoms with van der Waals surface area (Å²) in [5.41, 5.74) is 3.51. The maximum Gasteiger partial charge on any atom is 0.191 e. The normalized spacial score (nSPS) is 17.8. The van der Waals surface area contributed by atoms with Gasteiger partial charge in [0.05, 0.1) is 11.4 Å². The van der Waals surface area contributed by atoms with Crippen LogP contribution in [0.3, 0.4) is 0 Å². The summed E-state index contributed by atoms with van der Waals surface area (Å²) in [4.78, 5) is 6.91. The monoisotopic (exact) mass is 382 g/mol. The number of aromatic nitrogens is 2. The van der Waals surface area contributed by atoms with Gasteiger partial charge in [0.2, 0.25) is 0 Å². The van der Waals surface area contributed by atoms with Crippen molar-refractivity contribution >= 4 is 5.96 Å². The fourth-order valence-corrected chi connectivity index (χ4v) is 3.92. The number of likely N-dealkylation sites (N-methyl/N-ethyl adjacent to an activating group) is 1. The van der Waals surface area contributed by atoms with E-state index in [0.29, 0.717) is 6.04 Å². The highest BCUT2D eigenvalue weighted by atomic mass is 15.3. The zero-order valence-corrected chi connectivity index (χ0v) is 17.5. The maximum absolute atomic E-state index is 4.66. The van der Waals surface area contributed by atoms with Crippen LogP contribution in [0.4, 0.5) is 0 Å². The molecule has 0 aliphatic carbocycles. The van der Waals surface area contributed by atoms with Crippen LogP contribution in [0.25, 0.3) is 5.69 Å². The van der Waals surface area contributed by atoms with Crippen molar-refractivity contribution in [1.82, 2.24) is 25.3 Å². The van der Waals surface area contributed by atoms with E-state index in [1.807, 2.05) is 29.9 Å². The molecule has 1 saturated heterocycles. The van der Waals surface area contributed by atoms with Crippen LogP contribution in [0.2, 0.25) is 0 Å². The van der Waals surface area contributed by atoms with Crippen LogP contribution in [-0.2, 0) is 6.42 Å². The molecule has 1 atom stereocenters. The number of aliphatic imine (C=N–C) groups is 1. The first kappa shape index (κ1) is 20.4. The molecule has 0 bridgehead atoms. The van der Waals surface area contributed by atoms with Gasteiger partial charge in [0.25, 0.3) is 0 Å². The lowest BCUT2D eigenvalue weighted by atomic mass is 10.1. The summed E-state index contributed by atoms with van der Waals surface area (Å²) >= 11 is 0. The average molecular weight is 383 g/mol. The predicted octanol–water partition coefficient (Wildman–Crippen LogP) is 2.76. The first-order valence-electron chi connectivity index (χ1n) is 10.5. The Hall–Kier alpha value is -2.34. The molecule has 6 nitrogen and oxygen atoms in total. The molecule has 3 rings (SSSR count). The predicted molar refractivity (Wildman–Crippen MR) is 116 cm³/mol. The van der Waals surface area contributed by atoms with Crippen molar-refractivity contribution in [2.75, 3.05) is 33.2 Å². The molecule has 1 aromatic carbocycles. The highest BCUT2D eigenvalue weighted by Crippen LogP contribution is 2.15. The zero-order chi connectivity index (χ0) is 19.8. The standard InChI is InChI=1S/C22H34N6/c1-4-27-15-9-13-21(27)16-25-22(23-3)24-14-8-10-19-17-28(26-18(19)2)20-11-6-5-7-12-20/h5-7,11-12,17,21H,4,8-10,13-16H2,1-3H3,(H2,23,24,25). The number of likely N-dealkylation sites (tertiary alicyclic amines) is 1. The van der Waals surface area contributed by atoms with Crippen molar-refractivity contribution < 1.29 is 0 Å². The van der Waals surface area contributed by atoms with E-state index < -0.39 is 0 Å². The van der Waals surface area contributed by atoms with Crippen LogP contribution in [0.1, 0.15) is 37.4 Å². The van der Waals surface area contributed by atoms with Gasteiger partial charge in [0.15, 0.2) is 5.96 Å². The smallest absolute Gasteiger partial charge is 0.191 e. The Kier molecular flexibility index (Phi) is 7.48. The van der Waals surface area contributed by atoms with Gasteiger partial charge in [-0.1, -0.05) is 25.1 Å². The number of nitrogens with one attached hydrogen (secondary N) is 2. The minimum absolute atomic E-state index is 0.634. The number of benzene rings is 1. The topological polar surface area (TPSA) is 57.5 Å². The van der Waals surface area contributed by atoms with Crippen molar-refractivity contribution in [1.29, 1.82) is 0 Å². The van der Waals surface area contributed by atoms with Crippen LogP contribution in [0, 0.1) is 6.92 Å². The minimum atomic E-state index is 0.634. The molecule has 28 heavy (non-hydrogen) atoms. The molecule has 2 N–H and O–H groups in total. The van der Waals surface area contributed by atoms with Gasteiger partial charge in [-0.25, -0.2) is 4.68 Å². The second-order valence-corrected chi connectivity index (χ2v) is 7.43. The number of aryl methyl sites for hydroxylation is 2. The molecule has 1 aromatic heterocycles. The van der Waals surface area contributed by atoms with Crippen LogP contribution in [-0.4, -0.2) is 59.9 Å². The van der Waals surface area contributed by atoms with Crippen LogP contribution in [0.5, 0.6) is 0 Å². The number of rotatable bonds is 8. The Morgan fingerprint density at radius 3 is 2.82 bits per heavy atom. The first-order valence-corrected chi connectivity index (χ1v) is 10.5. The van der Waals surface area contributed by atoms with E-state index in [1.54, 1.807) is 0 Å². The quantitative estimate of drug-likeness (QED) is 0.419. The molecular weight excluding hydrogens is 348 g/mol. The molecular formula is C22H34N6. The molecule has 1 fully saturated rings. The second-order valence-electron chi connectivity index (χ2n) is 7.43. The molecule has 0 spiro atoms. The van der Waals surface area contributed by atoms with Crippen molar-refractivity contribution in [2.45, 2.75) is 45.6 Å². The number of hydrogen-bond acceptors (Lipinski definition) is 3. The van der Waals surface area contributed by atoms with Crippen molar-refractivity contribution in [3.05, 3.63) is 47.8 Å². The van der Waals surface area contributed by atoms with Gasteiger partial charge in [-0.3, -0.25) is 9.89 Å². The van der Waals surface area contributed by atoms with E-state index in [-0.39, 0.29) is 0 Å². The fraction of sp³-hybridized carbons (Fsp3) is 0.545. The molecule has 6 heteroatoms. The molecule has 2 aromatic rings.